The topological polar surface area (TPSA) is 63.3 Å². The van der Waals surface area contributed by atoms with Crippen LogP contribution in [0.1, 0.15) is 64.7 Å². The number of nitrogens with two attached hydrogens (primary N) is 1. The fraction of sp³-hybridized carbons (Fsp3) is 1.00. The molecule has 0 aliphatic heterocycles. The van der Waals surface area contributed by atoms with Gasteiger partial charge < -0.3 is 10.6 Å². The van der Waals surface area contributed by atoms with Crippen molar-refractivity contribution in [2.24, 2.45) is 5.73 Å². The zero-order valence-electron chi connectivity index (χ0n) is 10.1. The average Bonchev–Trinajstić information content (AvgIpc) is 2.23. The van der Waals surface area contributed by atoms with Crippen LogP contribution >= 0.6 is 8.69 Å². The van der Waals surface area contributed by atoms with Crippen molar-refractivity contribution < 1.29 is 9.46 Å². The van der Waals surface area contributed by atoms with E-state index in [-0.39, 0.29) is 0 Å². The third-order valence-electron chi connectivity index (χ3n) is 2.31. The van der Waals surface area contributed by atoms with Gasteiger partial charge in [-0.15, -0.1) is 0 Å². The Morgan fingerprint density at radius 3 is 1.60 bits per heavy atom. The van der Waals surface area contributed by atoms with Gasteiger partial charge in [-0.25, -0.2) is 0 Å². The van der Waals surface area contributed by atoms with E-state index in [4.69, 9.17) is 15.2 Å². The highest BCUT2D eigenvalue weighted by Gasteiger charge is 1.90. The molecule has 0 aromatic rings. The van der Waals surface area contributed by atoms with Gasteiger partial charge in [-0.05, 0) is 13.0 Å². The molecule has 0 fully saturated rings. The molecule has 0 amide bonds. The van der Waals surface area contributed by atoms with Gasteiger partial charge in [-0.1, -0.05) is 58.3 Å². The molecule has 0 aliphatic carbocycles. The first kappa shape index (κ1) is 17.5. The summed E-state index contributed by atoms with van der Waals surface area (Å²) in [5.41, 5.74) is 5.41. The van der Waals surface area contributed by atoms with Gasteiger partial charge in [0.1, 0.15) is 0 Å². The molecule has 4 heteroatoms. The lowest BCUT2D eigenvalue weighted by Gasteiger charge is -1.99. The second-order valence-electron chi connectivity index (χ2n) is 3.72. The predicted octanol–water partition coefficient (Wildman–Crippen LogP) is 3.13. The molecule has 0 rings (SSSR count). The van der Waals surface area contributed by atoms with Crippen LogP contribution in [0.3, 0.4) is 0 Å². The summed E-state index contributed by atoms with van der Waals surface area (Å²) in [4.78, 5) is 7.10. The molecule has 0 aromatic heterocycles. The molecule has 0 heterocycles. The van der Waals surface area contributed by atoms with E-state index >= 15 is 0 Å². The van der Waals surface area contributed by atoms with Gasteiger partial charge in [0, 0.05) is 0 Å². The van der Waals surface area contributed by atoms with Crippen LogP contribution in [0, 0.1) is 0 Å². The van der Waals surface area contributed by atoms with Crippen molar-refractivity contribution in [2.45, 2.75) is 64.7 Å². The molecule has 94 valence electrons. The van der Waals surface area contributed by atoms with Crippen molar-refractivity contribution in [3.8, 4) is 0 Å². The second kappa shape index (κ2) is 19.7. The maximum Gasteiger partial charge on any atom is 0.177 e. The van der Waals surface area contributed by atoms with Crippen molar-refractivity contribution in [3.63, 3.8) is 0 Å². The first-order chi connectivity index (χ1) is 7.33. The maximum absolute atomic E-state index is 8.57. The second-order valence-corrected chi connectivity index (χ2v) is 3.93. The summed E-state index contributed by atoms with van der Waals surface area (Å²) in [6, 6.07) is 0. The molecule has 3 N–H and O–H groups in total. The highest BCUT2D eigenvalue weighted by molar-refractivity contribution is 7.16. The number of rotatable bonds is 9. The van der Waals surface area contributed by atoms with E-state index in [9.17, 15) is 0 Å². The molecule has 1 unspecified atom stereocenters. The number of hydrogen-bond acceptors (Lipinski definition) is 2. The van der Waals surface area contributed by atoms with E-state index in [1.807, 2.05) is 0 Å². The molecule has 1 atom stereocenters. The highest BCUT2D eigenvalue weighted by atomic mass is 31.1. The summed E-state index contributed by atoms with van der Waals surface area (Å²) in [5.74, 6) is 0. The van der Waals surface area contributed by atoms with Crippen molar-refractivity contribution in [1.82, 2.24) is 0 Å². The average molecular weight is 237 g/mol. The molecule has 0 saturated carbocycles. The third-order valence-corrected chi connectivity index (χ3v) is 2.31. The van der Waals surface area contributed by atoms with Crippen LogP contribution in [0.5, 0.6) is 0 Å². The Morgan fingerprint density at radius 2 is 1.27 bits per heavy atom. The molecular formula is C11H28NO2P. The molecule has 0 saturated heterocycles. The van der Waals surface area contributed by atoms with E-state index in [0.29, 0.717) is 0 Å². The quantitative estimate of drug-likeness (QED) is 0.478. The molecule has 0 aromatic carbocycles. The third kappa shape index (κ3) is 24.9. The smallest absolute Gasteiger partial charge is 0.177 e. The molecule has 0 radical (unpaired) electrons. The van der Waals surface area contributed by atoms with Crippen LogP contribution in [-0.2, 0) is 4.57 Å². The normalized spacial score (nSPS) is 10.3. The molecule has 15 heavy (non-hydrogen) atoms. The molecule has 0 spiro atoms. The zero-order chi connectivity index (χ0) is 11.8. The Balaban J connectivity index is 0. The predicted molar refractivity (Wildman–Crippen MR) is 68.9 cm³/mol. The summed E-state index contributed by atoms with van der Waals surface area (Å²) in [6.07, 6.45) is 12.5. The SMILES string of the molecule is CCCCCCCCCCCN.O=[PH2]O. The summed E-state index contributed by atoms with van der Waals surface area (Å²) < 4.78 is 8.57. The van der Waals surface area contributed by atoms with Gasteiger partial charge in [-0.3, -0.25) is 4.57 Å². The van der Waals surface area contributed by atoms with Crippen LogP contribution < -0.4 is 5.73 Å². The standard InChI is InChI=1S/C11H25N.H3O2P/c1-2-3-4-5-6-7-8-9-10-11-12;1-3-2/h2-12H2,1H3;3H2,(H,1,2). The van der Waals surface area contributed by atoms with E-state index in [0.717, 1.165) is 6.54 Å². The lowest BCUT2D eigenvalue weighted by Crippen LogP contribution is -1.97. The van der Waals surface area contributed by atoms with Gasteiger partial charge in [-0.2, -0.15) is 0 Å². The summed E-state index contributed by atoms with van der Waals surface area (Å²) in [7, 11) is -1.50. The number of hydrogen-bond donors (Lipinski definition) is 2. The first-order valence-electron chi connectivity index (χ1n) is 6.11. The Bertz CT molecular complexity index is 103. The number of unbranched alkanes of at least 4 members (excludes halogenated alkanes) is 8. The lowest BCUT2D eigenvalue weighted by molar-refractivity contribution is 0.524. The molecule has 3 nitrogen and oxygen atoms in total. The van der Waals surface area contributed by atoms with E-state index in [1.54, 1.807) is 0 Å². The van der Waals surface area contributed by atoms with Crippen molar-refractivity contribution in [3.05, 3.63) is 0 Å². The van der Waals surface area contributed by atoms with E-state index in [1.165, 1.54) is 57.8 Å². The first-order valence-corrected chi connectivity index (χ1v) is 7.10. The lowest BCUT2D eigenvalue weighted by atomic mass is 10.1. The highest BCUT2D eigenvalue weighted by Crippen LogP contribution is 2.08. The fourth-order valence-corrected chi connectivity index (χ4v) is 1.45. The minimum absolute atomic E-state index is 0.871. The van der Waals surface area contributed by atoms with Crippen LogP contribution in [0.2, 0.25) is 0 Å². The van der Waals surface area contributed by atoms with Crippen LogP contribution in [0.25, 0.3) is 0 Å². The van der Waals surface area contributed by atoms with Gasteiger partial charge in [0.2, 0.25) is 0 Å². The largest absolute Gasteiger partial charge is 0.348 e. The van der Waals surface area contributed by atoms with Crippen LogP contribution in [-0.4, -0.2) is 11.4 Å². The maximum atomic E-state index is 8.57. The minimum Gasteiger partial charge on any atom is -0.348 e. The van der Waals surface area contributed by atoms with Gasteiger partial charge >= 0.3 is 0 Å². The fourth-order valence-electron chi connectivity index (χ4n) is 1.45. The van der Waals surface area contributed by atoms with Crippen molar-refractivity contribution >= 4 is 8.69 Å². The van der Waals surface area contributed by atoms with Crippen molar-refractivity contribution in [1.29, 1.82) is 0 Å². The molecule has 0 bridgehead atoms. The van der Waals surface area contributed by atoms with Crippen LogP contribution in [0.4, 0.5) is 0 Å². The summed E-state index contributed by atoms with van der Waals surface area (Å²) in [5, 5.41) is 0. The Labute approximate surface area is 95.7 Å². The Morgan fingerprint density at radius 1 is 0.933 bits per heavy atom. The molecule has 0 aliphatic rings. The Hall–Kier alpha value is 0.150. The van der Waals surface area contributed by atoms with E-state index in [2.05, 4.69) is 6.92 Å². The summed E-state index contributed by atoms with van der Waals surface area (Å²) >= 11 is 0. The van der Waals surface area contributed by atoms with Gasteiger partial charge in [0.25, 0.3) is 0 Å². The zero-order valence-corrected chi connectivity index (χ0v) is 11.2. The van der Waals surface area contributed by atoms with E-state index < -0.39 is 8.69 Å². The Kier molecular flexibility index (Phi) is 23.0. The molecular weight excluding hydrogens is 209 g/mol. The minimum atomic E-state index is -1.50. The summed E-state index contributed by atoms with van der Waals surface area (Å²) in [6.45, 7) is 3.14. The van der Waals surface area contributed by atoms with Gasteiger partial charge in [0.15, 0.2) is 8.69 Å². The monoisotopic (exact) mass is 237 g/mol. The van der Waals surface area contributed by atoms with Crippen LogP contribution in [0.15, 0.2) is 0 Å². The van der Waals surface area contributed by atoms with Crippen molar-refractivity contribution in [2.75, 3.05) is 6.54 Å². The van der Waals surface area contributed by atoms with Gasteiger partial charge in [0.05, 0.1) is 0 Å².